The first kappa shape index (κ1) is 15.2. The Morgan fingerprint density at radius 1 is 1.44 bits per heavy atom. The number of hydrogen-bond acceptors (Lipinski definition) is 2. The van der Waals surface area contributed by atoms with Crippen LogP contribution in [0.15, 0.2) is 22.7 Å². The molecule has 0 bridgehead atoms. The van der Waals surface area contributed by atoms with Crippen molar-refractivity contribution in [1.82, 2.24) is 0 Å². The molecule has 0 aromatic heterocycles. The predicted molar refractivity (Wildman–Crippen MR) is 66.5 cm³/mol. The first-order valence-electron chi connectivity index (χ1n) is 4.63. The number of alkyl halides is 4. The molecular weight excluding hydrogens is 338 g/mol. The number of hydrogen-bond donors (Lipinski definition) is 1. The average Bonchev–Trinajstić information content (AvgIpc) is 2.25. The Labute approximate surface area is 114 Å². The molecule has 2 N–H and O–H groups in total. The minimum atomic E-state index is -4.23. The molecule has 0 atom stereocenters. The maximum Gasteiger partial charge on any atom is 0.340 e. The third kappa shape index (κ3) is 3.55. The summed E-state index contributed by atoms with van der Waals surface area (Å²) in [6, 6.07) is 4.38. The van der Waals surface area contributed by atoms with E-state index in [1.807, 2.05) is 0 Å². The quantitative estimate of drug-likeness (QED) is 0.656. The number of benzene rings is 1. The Hall–Kier alpha value is -0.890. The highest BCUT2D eigenvalue weighted by Crippen LogP contribution is 2.29. The van der Waals surface area contributed by atoms with E-state index in [0.717, 1.165) is 0 Å². The van der Waals surface area contributed by atoms with Crippen molar-refractivity contribution >= 4 is 33.1 Å². The Morgan fingerprint density at radius 3 is 2.56 bits per heavy atom. The molecule has 18 heavy (non-hydrogen) atoms. The standard InChI is InChI=1S/C10H8BrF4NOS/c11-5-2-1-3-6(7(5)8(16)18)17-4-10(14,15)9(12)13/h1-3,9H,4H2,(H2,16,18). The van der Waals surface area contributed by atoms with Crippen molar-refractivity contribution < 1.29 is 22.3 Å². The third-order valence-electron chi connectivity index (χ3n) is 1.96. The molecule has 0 fully saturated rings. The fourth-order valence-electron chi connectivity index (χ4n) is 1.10. The van der Waals surface area contributed by atoms with E-state index in [1.54, 1.807) is 6.07 Å². The van der Waals surface area contributed by atoms with Gasteiger partial charge in [-0.25, -0.2) is 8.78 Å². The Morgan fingerprint density at radius 2 is 2.06 bits per heavy atom. The predicted octanol–water partition coefficient (Wildman–Crippen LogP) is 3.36. The van der Waals surface area contributed by atoms with Crippen molar-refractivity contribution in [2.24, 2.45) is 5.73 Å². The van der Waals surface area contributed by atoms with Gasteiger partial charge in [0.05, 0.1) is 5.56 Å². The minimum absolute atomic E-state index is 0.0720. The normalized spacial score (nSPS) is 11.7. The average molecular weight is 346 g/mol. The van der Waals surface area contributed by atoms with Gasteiger partial charge in [-0.1, -0.05) is 18.3 Å². The number of thiocarbonyl (C=S) groups is 1. The zero-order chi connectivity index (χ0) is 13.9. The van der Waals surface area contributed by atoms with Crippen LogP contribution in [0.25, 0.3) is 0 Å². The van der Waals surface area contributed by atoms with Crippen molar-refractivity contribution in [2.45, 2.75) is 12.3 Å². The maximum absolute atomic E-state index is 12.7. The molecule has 0 radical (unpaired) electrons. The molecule has 1 aromatic rings. The lowest BCUT2D eigenvalue weighted by Crippen LogP contribution is -2.34. The van der Waals surface area contributed by atoms with Crippen LogP contribution in [0, 0.1) is 0 Å². The Kier molecular flexibility index (Phi) is 4.92. The minimum Gasteiger partial charge on any atom is -0.486 e. The summed E-state index contributed by atoms with van der Waals surface area (Å²) in [5.74, 6) is -4.30. The summed E-state index contributed by atoms with van der Waals surface area (Å²) in [7, 11) is 0. The lowest BCUT2D eigenvalue weighted by Gasteiger charge is -2.18. The van der Waals surface area contributed by atoms with Crippen LogP contribution < -0.4 is 10.5 Å². The highest BCUT2D eigenvalue weighted by Gasteiger charge is 2.41. The van der Waals surface area contributed by atoms with Crippen LogP contribution >= 0.6 is 28.1 Å². The van der Waals surface area contributed by atoms with Crippen LogP contribution in [0.1, 0.15) is 5.56 Å². The second-order valence-electron chi connectivity index (χ2n) is 3.33. The lowest BCUT2D eigenvalue weighted by atomic mass is 10.2. The first-order chi connectivity index (χ1) is 8.25. The topological polar surface area (TPSA) is 35.2 Å². The second kappa shape index (κ2) is 5.83. The van der Waals surface area contributed by atoms with Crippen molar-refractivity contribution in [3.63, 3.8) is 0 Å². The molecule has 1 aromatic carbocycles. The summed E-state index contributed by atoms with van der Waals surface area (Å²) in [6.45, 7) is -1.45. The molecule has 0 aliphatic heterocycles. The smallest absolute Gasteiger partial charge is 0.340 e. The molecule has 0 saturated heterocycles. The molecule has 100 valence electrons. The van der Waals surface area contributed by atoms with Gasteiger partial charge in [-0.2, -0.15) is 8.78 Å². The van der Waals surface area contributed by atoms with Gasteiger partial charge >= 0.3 is 12.3 Å². The number of halogens is 5. The molecule has 0 aliphatic carbocycles. The molecule has 0 unspecified atom stereocenters. The van der Waals surface area contributed by atoms with Gasteiger partial charge in [0.15, 0.2) is 6.61 Å². The zero-order valence-electron chi connectivity index (χ0n) is 8.80. The molecule has 8 heteroatoms. The summed E-state index contributed by atoms with van der Waals surface area (Å²) in [6.07, 6.45) is -3.79. The van der Waals surface area contributed by atoms with Gasteiger partial charge in [-0.15, -0.1) is 0 Å². The van der Waals surface area contributed by atoms with E-state index < -0.39 is 19.0 Å². The van der Waals surface area contributed by atoms with Crippen LogP contribution in [0.3, 0.4) is 0 Å². The van der Waals surface area contributed by atoms with E-state index in [4.69, 9.17) is 18.0 Å². The van der Waals surface area contributed by atoms with Crippen molar-refractivity contribution in [3.8, 4) is 5.75 Å². The van der Waals surface area contributed by atoms with E-state index in [-0.39, 0.29) is 16.3 Å². The fourth-order valence-corrected chi connectivity index (χ4v) is 2.00. The Bertz CT molecular complexity index is 456. The maximum atomic E-state index is 12.7. The van der Waals surface area contributed by atoms with Crippen molar-refractivity contribution in [3.05, 3.63) is 28.2 Å². The van der Waals surface area contributed by atoms with E-state index >= 15 is 0 Å². The summed E-state index contributed by atoms with van der Waals surface area (Å²) >= 11 is 7.84. The molecule has 0 spiro atoms. The molecule has 1 rings (SSSR count). The van der Waals surface area contributed by atoms with Gasteiger partial charge in [-0.05, 0) is 28.1 Å². The molecule has 0 aliphatic rings. The van der Waals surface area contributed by atoms with E-state index in [0.29, 0.717) is 4.47 Å². The van der Waals surface area contributed by atoms with Crippen molar-refractivity contribution in [1.29, 1.82) is 0 Å². The van der Waals surface area contributed by atoms with Gasteiger partial charge in [0.2, 0.25) is 0 Å². The zero-order valence-corrected chi connectivity index (χ0v) is 11.2. The van der Waals surface area contributed by atoms with Crippen LogP contribution in [0.4, 0.5) is 17.6 Å². The monoisotopic (exact) mass is 345 g/mol. The van der Waals surface area contributed by atoms with Crippen LogP contribution in [0.5, 0.6) is 5.75 Å². The van der Waals surface area contributed by atoms with Gasteiger partial charge in [0.1, 0.15) is 10.7 Å². The summed E-state index contributed by atoms with van der Waals surface area (Å²) < 4.78 is 54.5. The highest BCUT2D eigenvalue weighted by atomic mass is 79.9. The molecule has 2 nitrogen and oxygen atoms in total. The number of rotatable bonds is 5. The third-order valence-corrected chi connectivity index (χ3v) is 2.83. The summed E-state index contributed by atoms with van der Waals surface area (Å²) in [5, 5.41) is 0. The lowest BCUT2D eigenvalue weighted by molar-refractivity contribution is -0.148. The first-order valence-corrected chi connectivity index (χ1v) is 5.83. The SMILES string of the molecule is NC(=S)c1c(Br)cccc1OCC(F)(F)C(F)F. The molecule has 0 amide bonds. The van der Waals surface area contributed by atoms with Gasteiger partial charge in [-0.3, -0.25) is 0 Å². The van der Waals surface area contributed by atoms with Crippen LogP contribution in [0.2, 0.25) is 0 Å². The second-order valence-corrected chi connectivity index (χ2v) is 4.62. The number of nitrogens with two attached hydrogens (primary N) is 1. The largest absolute Gasteiger partial charge is 0.486 e. The fraction of sp³-hybridized carbons (Fsp3) is 0.300. The summed E-state index contributed by atoms with van der Waals surface area (Å²) in [4.78, 5) is -0.0853. The Balaban J connectivity index is 2.92. The van der Waals surface area contributed by atoms with Gasteiger partial charge < -0.3 is 10.5 Å². The van der Waals surface area contributed by atoms with E-state index in [1.165, 1.54) is 12.1 Å². The van der Waals surface area contributed by atoms with Gasteiger partial charge in [0.25, 0.3) is 0 Å². The summed E-state index contributed by atoms with van der Waals surface area (Å²) in [5.41, 5.74) is 5.59. The van der Waals surface area contributed by atoms with E-state index in [9.17, 15) is 17.6 Å². The van der Waals surface area contributed by atoms with Crippen molar-refractivity contribution in [2.75, 3.05) is 6.61 Å². The molecule has 0 heterocycles. The molecule has 0 saturated carbocycles. The van der Waals surface area contributed by atoms with Crippen LogP contribution in [-0.2, 0) is 0 Å². The number of ether oxygens (including phenoxy) is 1. The highest BCUT2D eigenvalue weighted by molar-refractivity contribution is 9.10. The van der Waals surface area contributed by atoms with E-state index in [2.05, 4.69) is 20.7 Å². The van der Waals surface area contributed by atoms with Crippen LogP contribution in [-0.4, -0.2) is 23.9 Å². The molecular formula is C10H8BrF4NOS. The van der Waals surface area contributed by atoms with Gasteiger partial charge in [0, 0.05) is 4.47 Å².